The fourth-order valence-corrected chi connectivity index (χ4v) is 2.47. The van der Waals surface area contributed by atoms with Crippen LogP contribution in [0.3, 0.4) is 0 Å². The van der Waals surface area contributed by atoms with E-state index in [1.54, 1.807) is 11.8 Å². The quantitative estimate of drug-likeness (QED) is 0.774. The Morgan fingerprint density at radius 2 is 1.88 bits per heavy atom. The highest BCUT2D eigenvalue weighted by molar-refractivity contribution is 5.78. The lowest BCUT2D eigenvalue weighted by molar-refractivity contribution is -0.274. The molecule has 0 radical (unpaired) electrons. The zero-order valence-corrected chi connectivity index (χ0v) is 13.8. The van der Waals surface area contributed by atoms with E-state index in [9.17, 15) is 22.8 Å². The molecular formula is C17H20F3NO4. The van der Waals surface area contributed by atoms with E-state index in [2.05, 4.69) is 4.74 Å². The van der Waals surface area contributed by atoms with Gasteiger partial charge in [-0.05, 0) is 37.0 Å². The number of aryl methyl sites for hydroxylation is 1. The number of hydrogen-bond donors (Lipinski definition) is 1. The molecular weight excluding hydrogens is 339 g/mol. The summed E-state index contributed by atoms with van der Waals surface area (Å²) in [6.07, 6.45) is -2.43. The van der Waals surface area contributed by atoms with Crippen LogP contribution in [0, 0.1) is 5.92 Å². The number of aliphatic carboxylic acids is 1. The average molecular weight is 359 g/mol. The third kappa shape index (κ3) is 6.28. The van der Waals surface area contributed by atoms with Crippen molar-refractivity contribution in [2.45, 2.75) is 45.0 Å². The molecule has 1 aliphatic carbocycles. The molecule has 0 aromatic heterocycles. The maximum Gasteiger partial charge on any atom is 0.573 e. The molecule has 0 heterocycles. The van der Waals surface area contributed by atoms with E-state index < -0.39 is 18.2 Å². The Morgan fingerprint density at radius 1 is 1.28 bits per heavy atom. The van der Waals surface area contributed by atoms with E-state index >= 15 is 0 Å². The fourth-order valence-electron chi connectivity index (χ4n) is 2.47. The largest absolute Gasteiger partial charge is 0.573 e. The zero-order chi connectivity index (χ0) is 18.6. The summed E-state index contributed by atoms with van der Waals surface area (Å²) in [6.45, 7) is 1.74. The van der Waals surface area contributed by atoms with Crippen molar-refractivity contribution in [1.29, 1.82) is 0 Å². The summed E-state index contributed by atoms with van der Waals surface area (Å²) < 4.78 is 40.1. The molecule has 1 amide bonds. The lowest BCUT2D eigenvalue weighted by Gasteiger charge is -2.24. The molecule has 8 heteroatoms. The molecule has 1 unspecified atom stereocenters. The van der Waals surface area contributed by atoms with E-state index in [1.165, 1.54) is 24.3 Å². The summed E-state index contributed by atoms with van der Waals surface area (Å²) in [5, 5.41) is 9.00. The van der Waals surface area contributed by atoms with Crippen molar-refractivity contribution >= 4 is 11.9 Å². The molecule has 1 aromatic carbocycles. The minimum atomic E-state index is -4.73. The molecule has 1 saturated carbocycles. The van der Waals surface area contributed by atoms with Crippen LogP contribution >= 0.6 is 0 Å². The number of amides is 1. The predicted molar refractivity (Wildman–Crippen MR) is 83.0 cm³/mol. The van der Waals surface area contributed by atoms with Gasteiger partial charge in [-0.15, -0.1) is 13.2 Å². The van der Waals surface area contributed by atoms with Crippen molar-refractivity contribution in [3.05, 3.63) is 29.8 Å². The van der Waals surface area contributed by atoms with Crippen molar-refractivity contribution in [3.8, 4) is 5.75 Å². The Labute approximate surface area is 143 Å². The number of alkyl halides is 3. The Hall–Kier alpha value is -2.25. The number of carbonyl (C=O) groups excluding carboxylic acids is 1. The van der Waals surface area contributed by atoms with Crippen LogP contribution in [0.1, 0.15) is 31.7 Å². The Balaban J connectivity index is 1.88. The van der Waals surface area contributed by atoms with Crippen molar-refractivity contribution in [2.24, 2.45) is 5.92 Å². The van der Waals surface area contributed by atoms with Gasteiger partial charge in [0, 0.05) is 19.0 Å². The van der Waals surface area contributed by atoms with E-state index in [0.717, 1.165) is 12.8 Å². The van der Waals surface area contributed by atoms with Gasteiger partial charge in [-0.25, -0.2) is 0 Å². The van der Waals surface area contributed by atoms with Gasteiger partial charge in [-0.3, -0.25) is 9.59 Å². The number of carboxylic acid groups (broad SMARTS) is 1. The summed E-state index contributed by atoms with van der Waals surface area (Å²) in [5.74, 6) is -2.02. The first-order chi connectivity index (χ1) is 11.7. The molecule has 138 valence electrons. The maximum absolute atomic E-state index is 12.4. The van der Waals surface area contributed by atoms with Gasteiger partial charge in [-0.2, -0.15) is 0 Å². The molecule has 25 heavy (non-hydrogen) atoms. The van der Waals surface area contributed by atoms with E-state index in [0.29, 0.717) is 12.0 Å². The summed E-state index contributed by atoms with van der Waals surface area (Å²) >= 11 is 0. The van der Waals surface area contributed by atoms with Crippen LogP contribution in [0.2, 0.25) is 0 Å². The van der Waals surface area contributed by atoms with Crippen molar-refractivity contribution in [1.82, 2.24) is 4.90 Å². The van der Waals surface area contributed by atoms with Crippen molar-refractivity contribution < 1.29 is 32.6 Å². The van der Waals surface area contributed by atoms with Crippen LogP contribution in [-0.2, 0) is 16.0 Å². The predicted octanol–water partition coefficient (Wildman–Crippen LogP) is 3.23. The molecule has 1 aromatic rings. The summed E-state index contributed by atoms with van der Waals surface area (Å²) in [6, 6.07) is 5.49. The standard InChI is InChI=1S/C17H20F3NO4/c1-11(16(23)24)10-21(13-5-6-13)15(22)9-4-12-2-7-14(8-3-12)25-17(18,19)20/h2-3,7-8,11,13H,4-6,9-10H2,1H3,(H,23,24). The number of carboxylic acids is 1. The Morgan fingerprint density at radius 3 is 2.36 bits per heavy atom. The van der Waals surface area contributed by atoms with Gasteiger partial charge in [0.05, 0.1) is 5.92 Å². The number of hydrogen-bond acceptors (Lipinski definition) is 3. The van der Waals surface area contributed by atoms with Crippen molar-refractivity contribution in [3.63, 3.8) is 0 Å². The highest BCUT2D eigenvalue weighted by Crippen LogP contribution is 2.29. The van der Waals surface area contributed by atoms with Gasteiger partial charge < -0.3 is 14.7 Å². The molecule has 2 rings (SSSR count). The number of ether oxygens (including phenoxy) is 1. The minimum Gasteiger partial charge on any atom is -0.481 e. The van der Waals surface area contributed by atoms with Gasteiger partial charge in [-0.1, -0.05) is 19.1 Å². The number of nitrogens with zero attached hydrogens (tertiary/aromatic N) is 1. The van der Waals surface area contributed by atoms with Crippen LogP contribution in [-0.4, -0.2) is 40.8 Å². The van der Waals surface area contributed by atoms with Crippen LogP contribution in [0.5, 0.6) is 5.75 Å². The molecule has 1 aliphatic rings. The van der Waals surface area contributed by atoms with E-state index in [4.69, 9.17) is 5.11 Å². The second-order valence-corrected chi connectivity index (χ2v) is 6.21. The first-order valence-corrected chi connectivity index (χ1v) is 8.02. The van der Waals surface area contributed by atoms with Crippen LogP contribution in [0.15, 0.2) is 24.3 Å². The number of rotatable bonds is 8. The molecule has 5 nitrogen and oxygen atoms in total. The van der Waals surface area contributed by atoms with E-state index in [1.807, 2.05) is 0 Å². The van der Waals surface area contributed by atoms with E-state index in [-0.39, 0.29) is 30.7 Å². The molecule has 1 atom stereocenters. The first kappa shape index (κ1) is 19.1. The molecule has 0 spiro atoms. The Kier molecular flexibility index (Phi) is 5.92. The number of carbonyl (C=O) groups is 2. The minimum absolute atomic E-state index is 0.108. The number of benzene rings is 1. The second-order valence-electron chi connectivity index (χ2n) is 6.21. The molecule has 1 fully saturated rings. The molecule has 0 saturated heterocycles. The summed E-state index contributed by atoms with van der Waals surface area (Å²) in [7, 11) is 0. The Bertz CT molecular complexity index is 611. The van der Waals surface area contributed by atoms with Crippen LogP contribution in [0.4, 0.5) is 13.2 Å². The summed E-state index contributed by atoms with van der Waals surface area (Å²) in [4.78, 5) is 25.0. The zero-order valence-electron chi connectivity index (χ0n) is 13.8. The van der Waals surface area contributed by atoms with Crippen molar-refractivity contribution in [2.75, 3.05) is 6.54 Å². The van der Waals surface area contributed by atoms with Gasteiger partial charge >= 0.3 is 12.3 Å². The van der Waals surface area contributed by atoms with Gasteiger partial charge in [0.15, 0.2) is 0 Å². The third-order valence-electron chi connectivity index (χ3n) is 3.98. The fraction of sp³-hybridized carbons (Fsp3) is 0.529. The SMILES string of the molecule is CC(CN(C(=O)CCc1ccc(OC(F)(F)F)cc1)C1CC1)C(=O)O. The molecule has 0 aliphatic heterocycles. The van der Waals surface area contributed by atoms with Gasteiger partial charge in [0.25, 0.3) is 0 Å². The number of halogens is 3. The van der Waals surface area contributed by atoms with Crippen LogP contribution < -0.4 is 4.74 Å². The molecule has 0 bridgehead atoms. The van der Waals surface area contributed by atoms with Gasteiger partial charge in [0.2, 0.25) is 5.91 Å². The monoisotopic (exact) mass is 359 g/mol. The lowest BCUT2D eigenvalue weighted by atomic mass is 10.1. The lowest BCUT2D eigenvalue weighted by Crippen LogP contribution is -2.38. The first-order valence-electron chi connectivity index (χ1n) is 8.02. The van der Waals surface area contributed by atoms with Crippen LogP contribution in [0.25, 0.3) is 0 Å². The third-order valence-corrected chi connectivity index (χ3v) is 3.98. The average Bonchev–Trinajstić information content (AvgIpc) is 3.34. The molecule has 1 N–H and O–H groups in total. The van der Waals surface area contributed by atoms with Gasteiger partial charge in [0.1, 0.15) is 5.75 Å². The summed E-state index contributed by atoms with van der Waals surface area (Å²) in [5.41, 5.74) is 0.713. The highest BCUT2D eigenvalue weighted by Gasteiger charge is 2.34. The smallest absolute Gasteiger partial charge is 0.481 e. The second kappa shape index (κ2) is 7.76. The highest BCUT2D eigenvalue weighted by atomic mass is 19.4. The maximum atomic E-state index is 12.4. The topological polar surface area (TPSA) is 66.8 Å². The normalized spacial score (nSPS) is 15.5.